The first-order chi connectivity index (χ1) is 13.3. The molecule has 0 radical (unpaired) electrons. The summed E-state index contributed by atoms with van der Waals surface area (Å²) in [6.07, 6.45) is 2.48. The monoisotopic (exact) mass is 440 g/mol. The van der Waals surface area contributed by atoms with Crippen LogP contribution in [0.1, 0.15) is 34.0 Å². The average Bonchev–Trinajstić information content (AvgIpc) is 2.94. The summed E-state index contributed by atoms with van der Waals surface area (Å²) in [4.78, 5) is 22.1. The van der Waals surface area contributed by atoms with Crippen molar-refractivity contribution in [1.29, 1.82) is 0 Å². The number of methoxy groups -OCH3 is 1. The highest BCUT2D eigenvalue weighted by Crippen LogP contribution is 2.43. The van der Waals surface area contributed by atoms with Gasteiger partial charge in [-0.15, -0.1) is 0 Å². The molecule has 0 spiro atoms. The highest BCUT2D eigenvalue weighted by molar-refractivity contribution is 7.57. The van der Waals surface area contributed by atoms with Crippen LogP contribution in [0.3, 0.4) is 0 Å². The lowest BCUT2D eigenvalue weighted by atomic mass is 9.95. The summed E-state index contributed by atoms with van der Waals surface area (Å²) in [6.45, 7) is 12.7. The molecule has 0 bridgehead atoms. The van der Waals surface area contributed by atoms with Gasteiger partial charge in [-0.25, -0.2) is 4.79 Å². The number of cyclic esters (lactones) is 1. The van der Waals surface area contributed by atoms with E-state index in [-0.39, 0.29) is 18.7 Å². The number of carbonyl (C=O) groups excluding carboxylic acids is 1. The molecular weight excluding hydrogens is 407 g/mol. The predicted molar refractivity (Wildman–Crippen MR) is 119 cm³/mol. The Kier molecular flexibility index (Phi) is 7.41. The van der Waals surface area contributed by atoms with Gasteiger partial charge in [-0.1, -0.05) is 31.3 Å². The molecule has 1 aromatic rings. The molecule has 0 aliphatic carbocycles. The fraction of sp³-hybridized carbons (Fsp3) is 0.571. The third-order valence-corrected chi connectivity index (χ3v) is 7.71. The molecule has 1 aliphatic rings. The van der Waals surface area contributed by atoms with Gasteiger partial charge in [-0.2, -0.15) is 0 Å². The van der Waals surface area contributed by atoms with E-state index in [0.717, 1.165) is 28.3 Å². The minimum Gasteiger partial charge on any atom is -0.496 e. The van der Waals surface area contributed by atoms with E-state index in [1.165, 1.54) is 6.66 Å². The van der Waals surface area contributed by atoms with Crippen LogP contribution < -0.4 is 9.47 Å². The van der Waals surface area contributed by atoms with Crippen LogP contribution in [0, 0.1) is 6.92 Å². The molecule has 1 atom stereocenters. The second-order valence-corrected chi connectivity index (χ2v) is 17.1. The van der Waals surface area contributed by atoms with E-state index < -0.39 is 15.4 Å². The predicted octanol–water partition coefficient (Wildman–Crippen LogP) is 4.78. The van der Waals surface area contributed by atoms with E-state index in [1.807, 2.05) is 19.9 Å². The standard InChI is InChI=1S/C21H33O6PSi/c1-14(13-28(4,23)24)8-9-16-19(25-3)15(2)17-12-27-21(22)18(17)20(16)26-10-11-29(5,6)7/h8H,9-13H2,1-7H3,(H,23,24)/b14-8+. The van der Waals surface area contributed by atoms with Crippen molar-refractivity contribution in [2.75, 3.05) is 26.5 Å². The molecule has 1 heterocycles. The summed E-state index contributed by atoms with van der Waals surface area (Å²) in [6, 6.07) is 0.963. The Balaban J connectivity index is 2.50. The van der Waals surface area contributed by atoms with Crippen molar-refractivity contribution in [1.82, 2.24) is 0 Å². The Morgan fingerprint density at radius 2 is 1.97 bits per heavy atom. The van der Waals surface area contributed by atoms with Crippen LogP contribution in [0.5, 0.6) is 11.5 Å². The number of allylic oxidation sites excluding steroid dienone is 2. The number of carbonyl (C=O) groups is 1. The highest BCUT2D eigenvalue weighted by Gasteiger charge is 2.33. The van der Waals surface area contributed by atoms with Gasteiger partial charge in [0.1, 0.15) is 23.7 Å². The lowest BCUT2D eigenvalue weighted by Crippen LogP contribution is -2.23. The Hall–Kier alpha value is -1.56. The first kappa shape index (κ1) is 23.7. The molecule has 8 heteroatoms. The molecule has 0 amide bonds. The van der Waals surface area contributed by atoms with Gasteiger partial charge in [0.15, 0.2) is 0 Å². The maximum absolute atomic E-state index is 12.5. The Morgan fingerprint density at radius 1 is 1.31 bits per heavy atom. The molecule has 0 saturated carbocycles. The quantitative estimate of drug-likeness (QED) is 0.258. The van der Waals surface area contributed by atoms with Crippen molar-refractivity contribution in [3.8, 4) is 11.5 Å². The van der Waals surface area contributed by atoms with E-state index >= 15 is 0 Å². The lowest BCUT2D eigenvalue weighted by molar-refractivity contribution is 0.0532. The number of benzene rings is 1. The zero-order chi connectivity index (χ0) is 22.0. The van der Waals surface area contributed by atoms with Crippen molar-refractivity contribution >= 4 is 21.4 Å². The van der Waals surface area contributed by atoms with Crippen LogP contribution >= 0.6 is 7.37 Å². The Bertz CT molecular complexity index is 863. The van der Waals surface area contributed by atoms with Crippen molar-refractivity contribution < 1.29 is 28.5 Å². The van der Waals surface area contributed by atoms with Crippen LogP contribution in [0.4, 0.5) is 0 Å². The van der Waals surface area contributed by atoms with Crippen LogP contribution in [0.25, 0.3) is 0 Å². The molecule has 1 aromatic carbocycles. The maximum atomic E-state index is 12.5. The van der Waals surface area contributed by atoms with Crippen LogP contribution in [0.2, 0.25) is 25.7 Å². The summed E-state index contributed by atoms with van der Waals surface area (Å²) in [5.41, 5.74) is 3.77. The zero-order valence-corrected chi connectivity index (χ0v) is 20.4. The van der Waals surface area contributed by atoms with Gasteiger partial charge in [-0.3, -0.25) is 4.57 Å². The fourth-order valence-corrected chi connectivity index (χ4v) is 5.20. The second-order valence-electron chi connectivity index (χ2n) is 9.02. The van der Waals surface area contributed by atoms with Gasteiger partial charge in [0.05, 0.1) is 13.7 Å². The van der Waals surface area contributed by atoms with Gasteiger partial charge >= 0.3 is 5.97 Å². The Labute approximate surface area is 174 Å². The van der Waals surface area contributed by atoms with E-state index in [0.29, 0.717) is 30.1 Å². The van der Waals surface area contributed by atoms with E-state index in [2.05, 4.69) is 19.6 Å². The van der Waals surface area contributed by atoms with Gasteiger partial charge in [0.2, 0.25) is 7.37 Å². The normalized spacial score (nSPS) is 16.3. The zero-order valence-electron chi connectivity index (χ0n) is 18.5. The molecule has 1 aliphatic heterocycles. The van der Waals surface area contributed by atoms with Gasteiger partial charge in [0.25, 0.3) is 0 Å². The van der Waals surface area contributed by atoms with Crippen molar-refractivity contribution in [3.63, 3.8) is 0 Å². The SMILES string of the molecule is COc1c(C)c2c(c(OCC[Si](C)(C)C)c1C/C=C(\C)CP(C)(=O)O)C(=O)OC2. The summed E-state index contributed by atoms with van der Waals surface area (Å²) >= 11 is 0. The van der Waals surface area contributed by atoms with E-state index in [1.54, 1.807) is 7.11 Å². The largest absolute Gasteiger partial charge is 0.496 e. The van der Waals surface area contributed by atoms with Crippen LogP contribution in [-0.2, 0) is 22.3 Å². The van der Waals surface area contributed by atoms with Gasteiger partial charge in [-0.05, 0) is 31.9 Å². The Morgan fingerprint density at radius 3 is 2.52 bits per heavy atom. The molecule has 2 rings (SSSR count). The molecule has 1 unspecified atom stereocenters. The maximum Gasteiger partial charge on any atom is 0.342 e. The fourth-order valence-electron chi connectivity index (χ4n) is 3.43. The summed E-state index contributed by atoms with van der Waals surface area (Å²) in [7, 11) is -2.85. The minimum absolute atomic E-state index is 0.132. The topological polar surface area (TPSA) is 82.1 Å². The molecule has 0 aromatic heterocycles. The molecule has 0 saturated heterocycles. The number of ether oxygens (including phenoxy) is 3. The molecular formula is C21H33O6PSi. The second kappa shape index (κ2) is 9.07. The molecule has 29 heavy (non-hydrogen) atoms. The number of hydrogen-bond donors (Lipinski definition) is 1. The van der Waals surface area contributed by atoms with Crippen molar-refractivity contribution in [2.24, 2.45) is 0 Å². The summed E-state index contributed by atoms with van der Waals surface area (Å²) in [5.74, 6) is 0.831. The van der Waals surface area contributed by atoms with E-state index in [4.69, 9.17) is 14.2 Å². The van der Waals surface area contributed by atoms with Crippen molar-refractivity contribution in [3.05, 3.63) is 33.9 Å². The number of hydrogen-bond acceptors (Lipinski definition) is 5. The first-order valence-electron chi connectivity index (χ1n) is 9.81. The lowest BCUT2D eigenvalue weighted by Gasteiger charge is -2.21. The summed E-state index contributed by atoms with van der Waals surface area (Å²) in [5, 5.41) is 0. The summed E-state index contributed by atoms with van der Waals surface area (Å²) < 4.78 is 28.9. The molecule has 0 fully saturated rings. The van der Waals surface area contributed by atoms with E-state index in [9.17, 15) is 14.3 Å². The average molecular weight is 441 g/mol. The highest BCUT2D eigenvalue weighted by atomic mass is 31.2. The molecule has 1 N–H and O–H groups in total. The molecule has 162 valence electrons. The van der Waals surface area contributed by atoms with Crippen LogP contribution in [-0.4, -0.2) is 45.5 Å². The molecule has 6 nitrogen and oxygen atoms in total. The number of rotatable bonds is 9. The number of esters is 1. The third kappa shape index (κ3) is 6.21. The van der Waals surface area contributed by atoms with Gasteiger partial charge in [0, 0.05) is 32.0 Å². The van der Waals surface area contributed by atoms with Gasteiger partial charge < -0.3 is 19.1 Å². The van der Waals surface area contributed by atoms with Crippen molar-refractivity contribution in [2.45, 2.75) is 52.6 Å². The van der Waals surface area contributed by atoms with Crippen LogP contribution in [0.15, 0.2) is 11.6 Å². The number of fused-ring (bicyclic) bond motifs is 1. The minimum atomic E-state index is -3.14. The third-order valence-electron chi connectivity index (χ3n) is 4.92. The first-order valence-corrected chi connectivity index (χ1v) is 15.8. The smallest absolute Gasteiger partial charge is 0.342 e.